The molecule has 3 N–H and O–H groups in total. The van der Waals surface area contributed by atoms with Crippen LogP contribution < -0.4 is 11.1 Å². The fourth-order valence-corrected chi connectivity index (χ4v) is 1.53. The highest BCUT2D eigenvalue weighted by molar-refractivity contribution is 5.96. The monoisotopic (exact) mass is 220 g/mol. The van der Waals surface area contributed by atoms with E-state index in [1.54, 1.807) is 12.1 Å². The number of amides is 2. The maximum atomic E-state index is 11.9. The molecule has 1 aliphatic heterocycles. The molecular weight excluding hydrogens is 208 g/mol. The summed E-state index contributed by atoms with van der Waals surface area (Å²) in [4.78, 5) is 28.4. The van der Waals surface area contributed by atoms with Crippen molar-refractivity contribution >= 4 is 17.6 Å². The Morgan fingerprint density at radius 3 is 2.94 bits per heavy atom. The highest BCUT2D eigenvalue weighted by Crippen LogP contribution is 2.06. The summed E-state index contributed by atoms with van der Waals surface area (Å²) >= 11 is 0. The van der Waals surface area contributed by atoms with Crippen LogP contribution in [0.2, 0.25) is 0 Å². The van der Waals surface area contributed by atoms with E-state index in [1.165, 1.54) is 11.1 Å². The Morgan fingerprint density at radius 2 is 2.31 bits per heavy atom. The van der Waals surface area contributed by atoms with E-state index in [-0.39, 0.29) is 18.4 Å². The van der Waals surface area contributed by atoms with E-state index >= 15 is 0 Å². The number of carbonyl (C=O) groups excluding carboxylic acids is 2. The second kappa shape index (κ2) is 4.18. The van der Waals surface area contributed by atoms with Crippen molar-refractivity contribution in [1.29, 1.82) is 0 Å². The third-order valence-electron chi connectivity index (χ3n) is 2.36. The highest BCUT2D eigenvalue weighted by Gasteiger charge is 2.22. The lowest BCUT2D eigenvalue weighted by molar-refractivity contribution is -0.123. The topological polar surface area (TPSA) is 88.3 Å². The summed E-state index contributed by atoms with van der Waals surface area (Å²) in [7, 11) is 0. The second-order valence-electron chi connectivity index (χ2n) is 3.55. The van der Waals surface area contributed by atoms with Crippen LogP contribution >= 0.6 is 0 Å². The third-order valence-corrected chi connectivity index (χ3v) is 2.36. The van der Waals surface area contributed by atoms with Crippen LogP contribution in [0.4, 0.5) is 5.82 Å². The molecular formula is C10H12N4O2. The number of hydrogen-bond acceptors (Lipinski definition) is 4. The van der Waals surface area contributed by atoms with Gasteiger partial charge in [-0.1, -0.05) is 0 Å². The lowest BCUT2D eigenvalue weighted by Crippen LogP contribution is -2.49. The minimum Gasteiger partial charge on any atom is -0.384 e. The van der Waals surface area contributed by atoms with Gasteiger partial charge in [-0.3, -0.25) is 9.59 Å². The van der Waals surface area contributed by atoms with Crippen LogP contribution in [0.3, 0.4) is 0 Å². The first kappa shape index (κ1) is 10.4. The van der Waals surface area contributed by atoms with E-state index < -0.39 is 0 Å². The molecule has 0 saturated carbocycles. The molecule has 0 atom stereocenters. The molecule has 6 heteroatoms. The first-order chi connectivity index (χ1) is 7.66. The van der Waals surface area contributed by atoms with E-state index in [2.05, 4.69) is 10.3 Å². The highest BCUT2D eigenvalue weighted by atomic mass is 16.2. The van der Waals surface area contributed by atoms with E-state index in [1.807, 2.05) is 0 Å². The molecule has 0 radical (unpaired) electrons. The lowest BCUT2D eigenvalue weighted by atomic mass is 10.2. The van der Waals surface area contributed by atoms with Crippen molar-refractivity contribution in [3.05, 3.63) is 23.9 Å². The second-order valence-corrected chi connectivity index (χ2v) is 3.55. The Bertz CT molecular complexity index is 415. The summed E-state index contributed by atoms with van der Waals surface area (Å²) in [5.74, 6) is 0.0401. The van der Waals surface area contributed by atoms with Gasteiger partial charge < -0.3 is 16.0 Å². The van der Waals surface area contributed by atoms with Crippen molar-refractivity contribution in [1.82, 2.24) is 15.2 Å². The zero-order valence-corrected chi connectivity index (χ0v) is 8.64. The predicted octanol–water partition coefficient (Wildman–Crippen LogP) is -0.764. The SMILES string of the molecule is Nc1ccc(C(=O)N2CCNC(=O)C2)cn1. The van der Waals surface area contributed by atoms with Crippen molar-refractivity contribution in [2.24, 2.45) is 0 Å². The molecule has 1 aliphatic rings. The minimum atomic E-state index is -0.192. The molecule has 6 nitrogen and oxygen atoms in total. The van der Waals surface area contributed by atoms with Gasteiger partial charge in [0.1, 0.15) is 5.82 Å². The van der Waals surface area contributed by atoms with Gasteiger partial charge in [0.15, 0.2) is 0 Å². The Labute approximate surface area is 92.4 Å². The molecule has 16 heavy (non-hydrogen) atoms. The van der Waals surface area contributed by atoms with Gasteiger partial charge in [0, 0.05) is 19.3 Å². The molecule has 2 amide bonds. The van der Waals surface area contributed by atoms with E-state index in [0.717, 1.165) is 0 Å². The summed E-state index contributed by atoms with van der Waals surface area (Å²) in [5.41, 5.74) is 5.88. The number of anilines is 1. The quantitative estimate of drug-likeness (QED) is 0.651. The molecule has 0 bridgehead atoms. The van der Waals surface area contributed by atoms with E-state index in [0.29, 0.717) is 24.5 Å². The number of nitrogen functional groups attached to an aromatic ring is 1. The Balaban J connectivity index is 2.12. The van der Waals surface area contributed by atoms with Gasteiger partial charge in [-0.15, -0.1) is 0 Å². The summed E-state index contributed by atoms with van der Waals surface area (Å²) in [6.45, 7) is 1.12. The Hall–Kier alpha value is -2.11. The molecule has 2 rings (SSSR count). The molecule has 2 heterocycles. The van der Waals surface area contributed by atoms with E-state index in [4.69, 9.17) is 5.73 Å². The number of carbonyl (C=O) groups is 2. The van der Waals surface area contributed by atoms with Crippen LogP contribution in [-0.2, 0) is 4.79 Å². The Kier molecular flexibility index (Phi) is 2.72. The average molecular weight is 220 g/mol. The first-order valence-electron chi connectivity index (χ1n) is 4.94. The summed E-state index contributed by atoms with van der Waals surface area (Å²) < 4.78 is 0. The molecule has 0 aromatic carbocycles. The van der Waals surface area contributed by atoms with Gasteiger partial charge in [0.05, 0.1) is 12.1 Å². The number of pyridine rings is 1. The van der Waals surface area contributed by atoms with Crippen molar-refractivity contribution in [3.8, 4) is 0 Å². The van der Waals surface area contributed by atoms with Gasteiger partial charge in [-0.2, -0.15) is 0 Å². The van der Waals surface area contributed by atoms with Gasteiger partial charge in [0.25, 0.3) is 5.91 Å². The van der Waals surface area contributed by atoms with Crippen LogP contribution in [-0.4, -0.2) is 41.3 Å². The fourth-order valence-electron chi connectivity index (χ4n) is 1.53. The van der Waals surface area contributed by atoms with Gasteiger partial charge >= 0.3 is 0 Å². The molecule has 84 valence electrons. The molecule has 0 spiro atoms. The normalized spacial score (nSPS) is 15.8. The van der Waals surface area contributed by atoms with Crippen molar-refractivity contribution in [3.63, 3.8) is 0 Å². The minimum absolute atomic E-state index is 0.100. The molecule has 1 aromatic heterocycles. The Morgan fingerprint density at radius 1 is 1.50 bits per heavy atom. The number of hydrogen-bond donors (Lipinski definition) is 2. The van der Waals surface area contributed by atoms with Gasteiger partial charge in [0.2, 0.25) is 5.91 Å². The number of nitrogens with one attached hydrogen (secondary N) is 1. The van der Waals surface area contributed by atoms with Gasteiger partial charge in [-0.25, -0.2) is 4.98 Å². The summed E-state index contributed by atoms with van der Waals surface area (Å²) in [6.07, 6.45) is 1.42. The molecule has 1 aromatic rings. The van der Waals surface area contributed by atoms with Crippen molar-refractivity contribution in [2.45, 2.75) is 0 Å². The standard InChI is InChI=1S/C10H12N4O2/c11-8-2-1-7(5-13-8)10(16)14-4-3-12-9(15)6-14/h1-2,5H,3-4,6H2,(H2,11,13)(H,12,15). The van der Waals surface area contributed by atoms with Crippen LogP contribution in [0, 0.1) is 0 Å². The first-order valence-corrected chi connectivity index (χ1v) is 4.94. The zero-order valence-electron chi connectivity index (χ0n) is 8.64. The molecule has 0 unspecified atom stereocenters. The predicted molar refractivity (Wildman–Crippen MR) is 57.6 cm³/mol. The molecule has 1 fully saturated rings. The lowest BCUT2D eigenvalue weighted by Gasteiger charge is -2.26. The van der Waals surface area contributed by atoms with Crippen LogP contribution in [0.15, 0.2) is 18.3 Å². The fraction of sp³-hybridized carbons (Fsp3) is 0.300. The molecule has 1 saturated heterocycles. The largest absolute Gasteiger partial charge is 0.384 e. The van der Waals surface area contributed by atoms with E-state index in [9.17, 15) is 9.59 Å². The maximum absolute atomic E-state index is 11.9. The average Bonchev–Trinajstić information content (AvgIpc) is 2.29. The van der Waals surface area contributed by atoms with Crippen molar-refractivity contribution < 1.29 is 9.59 Å². The number of rotatable bonds is 1. The van der Waals surface area contributed by atoms with Crippen LogP contribution in [0.5, 0.6) is 0 Å². The molecule has 0 aliphatic carbocycles. The number of nitrogens with zero attached hydrogens (tertiary/aromatic N) is 2. The van der Waals surface area contributed by atoms with Gasteiger partial charge in [-0.05, 0) is 12.1 Å². The van der Waals surface area contributed by atoms with Crippen LogP contribution in [0.1, 0.15) is 10.4 Å². The third kappa shape index (κ3) is 2.10. The smallest absolute Gasteiger partial charge is 0.255 e. The number of piperazine rings is 1. The number of aromatic nitrogens is 1. The maximum Gasteiger partial charge on any atom is 0.255 e. The van der Waals surface area contributed by atoms with Crippen molar-refractivity contribution in [2.75, 3.05) is 25.4 Å². The zero-order chi connectivity index (χ0) is 11.5. The summed E-state index contributed by atoms with van der Waals surface area (Å²) in [5, 5.41) is 2.66. The number of nitrogens with two attached hydrogens (primary N) is 1. The van der Waals surface area contributed by atoms with Crippen LogP contribution in [0.25, 0.3) is 0 Å². The summed E-state index contributed by atoms with van der Waals surface area (Å²) in [6, 6.07) is 3.18.